The molecule has 0 saturated heterocycles. The van der Waals surface area contributed by atoms with Gasteiger partial charge in [-0.3, -0.25) is 4.79 Å². The van der Waals surface area contributed by atoms with Crippen LogP contribution in [-0.2, 0) is 4.79 Å². The third kappa shape index (κ3) is 6.76. The predicted molar refractivity (Wildman–Crippen MR) is 57.7 cm³/mol. The number of urea groups is 1. The van der Waals surface area contributed by atoms with Gasteiger partial charge in [-0.2, -0.15) is 0 Å². The van der Waals surface area contributed by atoms with Crippen LogP contribution in [0.15, 0.2) is 0 Å². The Morgan fingerprint density at radius 1 is 1.40 bits per heavy atom. The number of carboxylic acid groups (broad SMARTS) is 1. The molecule has 0 unspecified atom stereocenters. The predicted octanol–water partition coefficient (Wildman–Crippen LogP) is 1.15. The van der Waals surface area contributed by atoms with Gasteiger partial charge in [-0.1, -0.05) is 20.8 Å². The molecule has 0 aromatic heterocycles. The van der Waals surface area contributed by atoms with Crippen molar-refractivity contribution in [3.63, 3.8) is 0 Å². The van der Waals surface area contributed by atoms with Gasteiger partial charge in [-0.25, -0.2) is 4.79 Å². The first-order valence-corrected chi connectivity index (χ1v) is 5.22. The van der Waals surface area contributed by atoms with Gasteiger partial charge < -0.3 is 15.3 Å². The lowest BCUT2D eigenvalue weighted by Gasteiger charge is -2.21. The normalized spacial score (nSPS) is 10.1. The first-order valence-electron chi connectivity index (χ1n) is 5.22. The van der Waals surface area contributed by atoms with E-state index in [0.29, 0.717) is 19.0 Å². The van der Waals surface area contributed by atoms with E-state index in [1.807, 2.05) is 20.8 Å². The van der Waals surface area contributed by atoms with Crippen LogP contribution in [-0.4, -0.2) is 41.6 Å². The van der Waals surface area contributed by atoms with Crippen molar-refractivity contribution in [1.82, 2.24) is 10.2 Å². The van der Waals surface area contributed by atoms with Crippen LogP contribution in [0.3, 0.4) is 0 Å². The van der Waals surface area contributed by atoms with E-state index in [2.05, 4.69) is 5.32 Å². The number of carbonyl (C=O) groups excluding carboxylic acids is 1. The Kier molecular flexibility index (Phi) is 6.49. The first-order chi connectivity index (χ1) is 6.97. The monoisotopic (exact) mass is 216 g/mol. The summed E-state index contributed by atoms with van der Waals surface area (Å²) in [7, 11) is 0. The second-order valence-electron chi connectivity index (χ2n) is 3.90. The molecule has 15 heavy (non-hydrogen) atoms. The maximum Gasteiger partial charge on any atom is 0.323 e. The van der Waals surface area contributed by atoms with Gasteiger partial charge in [0.25, 0.3) is 0 Å². The fraction of sp³-hybridized carbons (Fsp3) is 0.800. The fourth-order valence-corrected chi connectivity index (χ4v) is 1.09. The molecule has 0 fully saturated rings. The van der Waals surface area contributed by atoms with Crippen LogP contribution < -0.4 is 5.32 Å². The molecule has 88 valence electrons. The highest BCUT2D eigenvalue weighted by Crippen LogP contribution is 1.94. The molecule has 0 aromatic rings. The second kappa shape index (κ2) is 7.09. The lowest BCUT2D eigenvalue weighted by molar-refractivity contribution is -0.137. The Balaban J connectivity index is 4.09. The summed E-state index contributed by atoms with van der Waals surface area (Å²) in [5.41, 5.74) is 0. The maximum atomic E-state index is 11.5. The summed E-state index contributed by atoms with van der Waals surface area (Å²) in [4.78, 5) is 23.3. The van der Waals surface area contributed by atoms with Crippen LogP contribution in [0.2, 0.25) is 0 Å². The molecule has 0 aliphatic carbocycles. The summed E-state index contributed by atoms with van der Waals surface area (Å²) < 4.78 is 0. The van der Waals surface area contributed by atoms with Crippen molar-refractivity contribution >= 4 is 12.0 Å². The summed E-state index contributed by atoms with van der Waals surface area (Å²) >= 11 is 0. The van der Waals surface area contributed by atoms with Crippen LogP contribution >= 0.6 is 0 Å². The smallest absolute Gasteiger partial charge is 0.323 e. The average Bonchev–Trinajstić information content (AvgIpc) is 2.12. The van der Waals surface area contributed by atoms with Crippen LogP contribution in [0.4, 0.5) is 4.79 Å². The Labute approximate surface area is 90.5 Å². The maximum absolute atomic E-state index is 11.5. The van der Waals surface area contributed by atoms with Gasteiger partial charge in [0.2, 0.25) is 0 Å². The van der Waals surface area contributed by atoms with Gasteiger partial charge in [-0.05, 0) is 12.3 Å². The van der Waals surface area contributed by atoms with E-state index in [0.717, 1.165) is 6.42 Å². The van der Waals surface area contributed by atoms with E-state index in [-0.39, 0.29) is 12.6 Å². The summed E-state index contributed by atoms with van der Waals surface area (Å²) in [6, 6.07) is -0.298. The van der Waals surface area contributed by atoms with E-state index < -0.39 is 5.97 Å². The average molecular weight is 216 g/mol. The van der Waals surface area contributed by atoms with Gasteiger partial charge >= 0.3 is 12.0 Å². The van der Waals surface area contributed by atoms with Crippen molar-refractivity contribution in [1.29, 1.82) is 0 Å². The molecule has 5 nitrogen and oxygen atoms in total. The SMILES string of the molecule is CCCN(CC(=O)O)C(=O)NCC(C)C. The van der Waals surface area contributed by atoms with Crippen LogP contribution in [0.5, 0.6) is 0 Å². The van der Waals surface area contributed by atoms with Crippen molar-refractivity contribution in [2.45, 2.75) is 27.2 Å². The molecule has 0 bridgehead atoms. The van der Waals surface area contributed by atoms with Crippen molar-refractivity contribution in [2.24, 2.45) is 5.92 Å². The molecule has 0 saturated carbocycles. The van der Waals surface area contributed by atoms with Gasteiger partial charge in [0, 0.05) is 13.1 Å². The lowest BCUT2D eigenvalue weighted by Crippen LogP contribution is -2.44. The van der Waals surface area contributed by atoms with E-state index >= 15 is 0 Å². The first kappa shape index (κ1) is 13.7. The van der Waals surface area contributed by atoms with Crippen LogP contribution in [0.25, 0.3) is 0 Å². The summed E-state index contributed by atoms with van der Waals surface area (Å²) in [5.74, 6) is -0.620. The molecule has 2 amide bonds. The van der Waals surface area contributed by atoms with E-state index in [1.165, 1.54) is 4.90 Å². The van der Waals surface area contributed by atoms with E-state index in [9.17, 15) is 9.59 Å². The number of hydrogen-bond donors (Lipinski definition) is 2. The van der Waals surface area contributed by atoms with Crippen molar-refractivity contribution in [3.8, 4) is 0 Å². The number of nitrogens with zero attached hydrogens (tertiary/aromatic N) is 1. The van der Waals surface area contributed by atoms with E-state index in [4.69, 9.17) is 5.11 Å². The number of carbonyl (C=O) groups is 2. The minimum absolute atomic E-state index is 0.238. The van der Waals surface area contributed by atoms with Crippen molar-refractivity contribution in [2.75, 3.05) is 19.6 Å². The minimum Gasteiger partial charge on any atom is -0.480 e. The molecule has 0 rings (SSSR count). The second-order valence-corrected chi connectivity index (χ2v) is 3.90. The highest BCUT2D eigenvalue weighted by Gasteiger charge is 2.15. The number of nitrogens with one attached hydrogen (secondary N) is 1. The standard InChI is InChI=1S/C10H20N2O3/c1-4-5-12(7-9(13)14)10(15)11-6-8(2)3/h8H,4-7H2,1-3H3,(H,11,15)(H,13,14). The van der Waals surface area contributed by atoms with Crippen LogP contribution in [0, 0.1) is 5.92 Å². The van der Waals surface area contributed by atoms with Gasteiger partial charge in [0.15, 0.2) is 0 Å². The zero-order chi connectivity index (χ0) is 11.8. The third-order valence-electron chi connectivity index (χ3n) is 1.77. The molecule has 0 radical (unpaired) electrons. The van der Waals surface area contributed by atoms with Crippen LogP contribution in [0.1, 0.15) is 27.2 Å². The molecular formula is C10H20N2O3. The Morgan fingerprint density at radius 3 is 2.40 bits per heavy atom. The molecule has 0 heterocycles. The Bertz CT molecular complexity index is 217. The van der Waals surface area contributed by atoms with Crippen molar-refractivity contribution in [3.05, 3.63) is 0 Å². The minimum atomic E-state index is -0.983. The molecular weight excluding hydrogens is 196 g/mol. The third-order valence-corrected chi connectivity index (χ3v) is 1.77. The summed E-state index contributed by atoms with van der Waals surface area (Å²) in [5, 5.41) is 11.3. The van der Waals surface area contributed by atoms with Crippen molar-refractivity contribution < 1.29 is 14.7 Å². The molecule has 0 spiro atoms. The number of carboxylic acids is 1. The Morgan fingerprint density at radius 2 is 2.00 bits per heavy atom. The summed E-state index contributed by atoms with van der Waals surface area (Å²) in [6.45, 7) is 6.68. The van der Waals surface area contributed by atoms with E-state index in [1.54, 1.807) is 0 Å². The zero-order valence-electron chi connectivity index (χ0n) is 9.62. The zero-order valence-corrected chi connectivity index (χ0v) is 9.62. The summed E-state index contributed by atoms with van der Waals surface area (Å²) in [6.07, 6.45) is 0.752. The van der Waals surface area contributed by atoms with Gasteiger partial charge in [0.05, 0.1) is 0 Å². The quantitative estimate of drug-likeness (QED) is 0.699. The van der Waals surface area contributed by atoms with Gasteiger partial charge in [-0.15, -0.1) is 0 Å². The number of rotatable bonds is 6. The number of hydrogen-bond acceptors (Lipinski definition) is 2. The fourth-order valence-electron chi connectivity index (χ4n) is 1.09. The molecule has 0 atom stereocenters. The molecule has 2 N–H and O–H groups in total. The molecule has 0 aliphatic heterocycles. The van der Waals surface area contributed by atoms with Gasteiger partial charge in [0.1, 0.15) is 6.54 Å². The molecule has 0 aliphatic rings. The lowest BCUT2D eigenvalue weighted by atomic mass is 10.2. The highest BCUT2D eigenvalue weighted by molar-refractivity contribution is 5.80. The Hall–Kier alpha value is -1.26. The molecule has 0 aromatic carbocycles. The molecule has 5 heteroatoms. The number of amides is 2. The topological polar surface area (TPSA) is 69.6 Å². The highest BCUT2D eigenvalue weighted by atomic mass is 16.4. The largest absolute Gasteiger partial charge is 0.480 e. The number of aliphatic carboxylic acids is 1.